The number of hydrogen-bond acceptors (Lipinski definition) is 2. The Hall–Kier alpha value is -1.23. The van der Waals surface area contributed by atoms with E-state index in [2.05, 4.69) is 4.74 Å². The molecule has 0 saturated heterocycles. The minimum atomic E-state index is -4.34. The maximum absolute atomic E-state index is 11.9. The van der Waals surface area contributed by atoms with E-state index in [-0.39, 0.29) is 5.75 Å². The SMILES string of the molecule is Cc1cc(C(C)O)ccc1OCC(F)(F)F. The van der Waals surface area contributed by atoms with E-state index in [0.717, 1.165) is 0 Å². The highest BCUT2D eigenvalue weighted by molar-refractivity contribution is 5.36. The summed E-state index contributed by atoms with van der Waals surface area (Å²) in [5, 5.41) is 9.28. The summed E-state index contributed by atoms with van der Waals surface area (Å²) in [5.41, 5.74) is 1.22. The van der Waals surface area contributed by atoms with Crippen LogP contribution in [0, 0.1) is 6.92 Å². The van der Waals surface area contributed by atoms with Crippen LogP contribution < -0.4 is 4.74 Å². The van der Waals surface area contributed by atoms with E-state index < -0.39 is 18.9 Å². The standard InChI is InChI=1S/C11H13F3O2/c1-7-5-9(8(2)15)3-4-10(7)16-6-11(12,13)14/h3-5,8,15H,6H2,1-2H3. The minimum Gasteiger partial charge on any atom is -0.484 e. The van der Waals surface area contributed by atoms with Crippen molar-refractivity contribution in [1.29, 1.82) is 0 Å². The Morgan fingerprint density at radius 2 is 2.00 bits per heavy atom. The lowest BCUT2D eigenvalue weighted by atomic mass is 10.1. The molecule has 0 radical (unpaired) electrons. The molecule has 2 nitrogen and oxygen atoms in total. The monoisotopic (exact) mass is 234 g/mol. The molecule has 0 heterocycles. The Bertz CT molecular complexity index is 359. The van der Waals surface area contributed by atoms with Crippen LogP contribution in [-0.2, 0) is 0 Å². The highest BCUT2D eigenvalue weighted by atomic mass is 19.4. The number of aliphatic hydroxyl groups excluding tert-OH is 1. The molecule has 1 atom stereocenters. The van der Waals surface area contributed by atoms with Crippen molar-refractivity contribution < 1.29 is 23.0 Å². The number of ether oxygens (including phenoxy) is 1. The van der Waals surface area contributed by atoms with Gasteiger partial charge < -0.3 is 9.84 Å². The Morgan fingerprint density at radius 1 is 1.38 bits per heavy atom. The molecule has 90 valence electrons. The van der Waals surface area contributed by atoms with Crippen molar-refractivity contribution in [2.45, 2.75) is 26.1 Å². The average Bonchev–Trinajstić information content (AvgIpc) is 2.14. The molecule has 0 fully saturated rings. The van der Waals surface area contributed by atoms with Gasteiger partial charge in [0.25, 0.3) is 0 Å². The van der Waals surface area contributed by atoms with Crippen molar-refractivity contribution in [2.75, 3.05) is 6.61 Å². The number of halogens is 3. The van der Waals surface area contributed by atoms with Gasteiger partial charge in [-0.05, 0) is 37.1 Å². The predicted molar refractivity (Wildman–Crippen MR) is 53.4 cm³/mol. The lowest BCUT2D eigenvalue weighted by Crippen LogP contribution is -2.19. The second-order valence-corrected chi connectivity index (χ2v) is 3.60. The van der Waals surface area contributed by atoms with E-state index in [4.69, 9.17) is 0 Å². The molecular formula is C11H13F3O2. The molecule has 1 N–H and O–H groups in total. The summed E-state index contributed by atoms with van der Waals surface area (Å²) < 4.78 is 40.4. The minimum absolute atomic E-state index is 0.182. The number of benzene rings is 1. The Labute approximate surface area is 91.7 Å². The fraction of sp³-hybridized carbons (Fsp3) is 0.455. The maximum atomic E-state index is 11.9. The first-order chi connectivity index (χ1) is 7.29. The number of hydrogen-bond donors (Lipinski definition) is 1. The zero-order chi connectivity index (χ0) is 12.3. The van der Waals surface area contributed by atoms with Gasteiger partial charge in [-0.1, -0.05) is 6.07 Å². The molecule has 0 aliphatic heterocycles. The third kappa shape index (κ3) is 3.73. The molecular weight excluding hydrogens is 221 g/mol. The van der Waals surface area contributed by atoms with Crippen molar-refractivity contribution in [1.82, 2.24) is 0 Å². The molecule has 1 aromatic rings. The topological polar surface area (TPSA) is 29.5 Å². The normalized spacial score (nSPS) is 13.6. The highest BCUT2D eigenvalue weighted by Crippen LogP contribution is 2.24. The summed E-state index contributed by atoms with van der Waals surface area (Å²) in [6, 6.07) is 4.59. The van der Waals surface area contributed by atoms with Gasteiger partial charge in [-0.15, -0.1) is 0 Å². The van der Waals surface area contributed by atoms with Crippen LogP contribution >= 0.6 is 0 Å². The van der Waals surface area contributed by atoms with Gasteiger partial charge >= 0.3 is 6.18 Å². The fourth-order valence-corrected chi connectivity index (χ4v) is 1.25. The Morgan fingerprint density at radius 3 is 2.44 bits per heavy atom. The van der Waals surface area contributed by atoms with E-state index in [1.165, 1.54) is 6.07 Å². The molecule has 1 aromatic carbocycles. The van der Waals surface area contributed by atoms with Crippen LogP contribution in [0.2, 0.25) is 0 Å². The van der Waals surface area contributed by atoms with Crippen LogP contribution in [0.1, 0.15) is 24.2 Å². The summed E-state index contributed by atoms with van der Waals surface area (Å²) in [5.74, 6) is 0.182. The molecule has 1 unspecified atom stereocenters. The number of aryl methyl sites for hydroxylation is 1. The van der Waals surface area contributed by atoms with Crippen LogP contribution in [0.15, 0.2) is 18.2 Å². The fourth-order valence-electron chi connectivity index (χ4n) is 1.25. The second kappa shape index (κ2) is 4.74. The van der Waals surface area contributed by atoms with E-state index in [1.54, 1.807) is 26.0 Å². The molecule has 16 heavy (non-hydrogen) atoms. The van der Waals surface area contributed by atoms with Crippen LogP contribution in [0.5, 0.6) is 5.75 Å². The quantitative estimate of drug-likeness (QED) is 0.871. The largest absolute Gasteiger partial charge is 0.484 e. The van der Waals surface area contributed by atoms with Crippen molar-refractivity contribution in [2.24, 2.45) is 0 Å². The van der Waals surface area contributed by atoms with Gasteiger partial charge in [0.05, 0.1) is 6.10 Å². The molecule has 0 bridgehead atoms. The van der Waals surface area contributed by atoms with Crippen molar-refractivity contribution in [3.05, 3.63) is 29.3 Å². The lowest BCUT2D eigenvalue weighted by Gasteiger charge is -2.13. The molecule has 0 saturated carbocycles. The number of rotatable bonds is 3. The molecule has 0 aliphatic rings. The van der Waals surface area contributed by atoms with E-state index >= 15 is 0 Å². The van der Waals surface area contributed by atoms with Crippen LogP contribution in [0.25, 0.3) is 0 Å². The lowest BCUT2D eigenvalue weighted by molar-refractivity contribution is -0.153. The van der Waals surface area contributed by atoms with Crippen molar-refractivity contribution >= 4 is 0 Å². The zero-order valence-corrected chi connectivity index (χ0v) is 9.01. The third-order valence-corrected chi connectivity index (χ3v) is 2.07. The summed E-state index contributed by atoms with van der Waals surface area (Å²) in [6.45, 7) is 1.92. The smallest absolute Gasteiger partial charge is 0.422 e. The van der Waals surface area contributed by atoms with Gasteiger partial charge in [0.15, 0.2) is 6.61 Å². The predicted octanol–water partition coefficient (Wildman–Crippen LogP) is 2.99. The maximum Gasteiger partial charge on any atom is 0.422 e. The average molecular weight is 234 g/mol. The van der Waals surface area contributed by atoms with Gasteiger partial charge in [0.2, 0.25) is 0 Å². The van der Waals surface area contributed by atoms with Crippen LogP contribution in [0.4, 0.5) is 13.2 Å². The first kappa shape index (κ1) is 12.8. The first-order valence-electron chi connectivity index (χ1n) is 4.78. The highest BCUT2D eigenvalue weighted by Gasteiger charge is 2.28. The molecule has 0 amide bonds. The summed E-state index contributed by atoms with van der Waals surface area (Å²) >= 11 is 0. The molecule has 0 aliphatic carbocycles. The van der Waals surface area contributed by atoms with Crippen LogP contribution in [-0.4, -0.2) is 17.9 Å². The molecule has 0 aromatic heterocycles. The van der Waals surface area contributed by atoms with E-state index in [1.807, 2.05) is 0 Å². The summed E-state index contributed by atoms with van der Waals surface area (Å²) in [7, 11) is 0. The van der Waals surface area contributed by atoms with Gasteiger partial charge in [-0.25, -0.2) is 0 Å². The van der Waals surface area contributed by atoms with Gasteiger partial charge in [0.1, 0.15) is 5.75 Å². The summed E-state index contributed by atoms with van der Waals surface area (Å²) in [4.78, 5) is 0. The number of aliphatic hydroxyl groups is 1. The van der Waals surface area contributed by atoms with E-state index in [9.17, 15) is 18.3 Å². The number of alkyl halides is 3. The summed E-state index contributed by atoms with van der Waals surface area (Å²) in [6.07, 6.45) is -4.98. The molecule has 0 spiro atoms. The molecule has 1 rings (SSSR count). The Balaban J connectivity index is 2.76. The van der Waals surface area contributed by atoms with Gasteiger partial charge in [0, 0.05) is 0 Å². The van der Waals surface area contributed by atoms with Gasteiger partial charge in [-0.3, -0.25) is 0 Å². The molecule has 5 heteroatoms. The third-order valence-electron chi connectivity index (χ3n) is 2.07. The van der Waals surface area contributed by atoms with E-state index in [0.29, 0.717) is 11.1 Å². The van der Waals surface area contributed by atoms with Crippen LogP contribution in [0.3, 0.4) is 0 Å². The zero-order valence-electron chi connectivity index (χ0n) is 9.01. The second-order valence-electron chi connectivity index (χ2n) is 3.60. The Kier molecular flexibility index (Phi) is 3.80. The van der Waals surface area contributed by atoms with Crippen molar-refractivity contribution in [3.8, 4) is 5.75 Å². The first-order valence-corrected chi connectivity index (χ1v) is 4.78. The van der Waals surface area contributed by atoms with Crippen molar-refractivity contribution in [3.63, 3.8) is 0 Å². The van der Waals surface area contributed by atoms with Gasteiger partial charge in [-0.2, -0.15) is 13.2 Å².